The molecule has 7 nitrogen and oxygen atoms in total. The summed E-state index contributed by atoms with van der Waals surface area (Å²) in [5.74, 6) is 0.653. The number of hydrogen-bond donors (Lipinski definition) is 1. The molecule has 3 rings (SSSR count). The average molecular weight is 384 g/mol. The lowest BCUT2D eigenvalue weighted by molar-refractivity contribution is -0.118. The molecular formula is C21H24N2O5. The average Bonchev–Trinajstić information content (AvgIpc) is 2.72. The predicted molar refractivity (Wildman–Crippen MR) is 105 cm³/mol. The number of carbonyl (C=O) groups excluding carboxylic acids is 2. The summed E-state index contributed by atoms with van der Waals surface area (Å²) in [6.45, 7) is 3.41. The zero-order chi connectivity index (χ0) is 19.9. The Balaban J connectivity index is 1.60. The molecule has 1 saturated heterocycles. The second-order valence-corrected chi connectivity index (χ2v) is 6.49. The van der Waals surface area contributed by atoms with E-state index in [1.165, 1.54) is 0 Å². The van der Waals surface area contributed by atoms with Crippen LogP contribution in [0.4, 0.5) is 5.69 Å². The molecule has 1 atom stereocenters. The summed E-state index contributed by atoms with van der Waals surface area (Å²) in [5, 5.41) is 2.76. The van der Waals surface area contributed by atoms with E-state index in [9.17, 15) is 9.59 Å². The number of anilines is 1. The maximum atomic E-state index is 12.7. The van der Waals surface area contributed by atoms with Crippen molar-refractivity contribution < 1.29 is 23.8 Å². The lowest BCUT2D eigenvalue weighted by Gasteiger charge is -2.33. The number of benzene rings is 2. The maximum absolute atomic E-state index is 12.7. The Kier molecular flexibility index (Phi) is 6.49. The van der Waals surface area contributed by atoms with Gasteiger partial charge >= 0.3 is 0 Å². The van der Waals surface area contributed by atoms with Crippen molar-refractivity contribution in [2.45, 2.75) is 13.0 Å². The third-order valence-corrected chi connectivity index (χ3v) is 4.45. The van der Waals surface area contributed by atoms with E-state index in [1.807, 2.05) is 13.0 Å². The Morgan fingerprint density at radius 1 is 1.18 bits per heavy atom. The standard InChI is InChI=1S/C21H24N2O5/c1-15-13-27-11-10-23(15)21(25)16-6-5-7-17(12-16)22-20(24)14-28-19-9-4-3-8-18(19)26-2/h3-9,12,15H,10-11,13-14H2,1-2H3,(H,22,24). The molecule has 0 spiro atoms. The fourth-order valence-electron chi connectivity index (χ4n) is 3.00. The van der Waals surface area contributed by atoms with Crippen LogP contribution in [0.2, 0.25) is 0 Å². The van der Waals surface area contributed by atoms with Gasteiger partial charge in [0.1, 0.15) is 0 Å². The lowest BCUT2D eigenvalue weighted by Crippen LogP contribution is -2.47. The Hall–Kier alpha value is -3.06. The first-order valence-electron chi connectivity index (χ1n) is 9.13. The highest BCUT2D eigenvalue weighted by atomic mass is 16.5. The van der Waals surface area contributed by atoms with Gasteiger partial charge in [-0.1, -0.05) is 18.2 Å². The van der Waals surface area contributed by atoms with Gasteiger partial charge in [-0.15, -0.1) is 0 Å². The van der Waals surface area contributed by atoms with Gasteiger partial charge in [0.25, 0.3) is 11.8 Å². The van der Waals surface area contributed by atoms with Crippen molar-refractivity contribution >= 4 is 17.5 Å². The van der Waals surface area contributed by atoms with Gasteiger partial charge in [0.15, 0.2) is 18.1 Å². The predicted octanol–water partition coefficient (Wildman–Crippen LogP) is 2.57. The van der Waals surface area contributed by atoms with E-state index in [-0.39, 0.29) is 24.5 Å². The van der Waals surface area contributed by atoms with Crippen molar-refractivity contribution in [2.75, 3.05) is 38.8 Å². The van der Waals surface area contributed by atoms with Gasteiger partial charge in [-0.3, -0.25) is 9.59 Å². The first-order valence-corrected chi connectivity index (χ1v) is 9.13. The molecule has 0 aromatic heterocycles. The van der Waals surface area contributed by atoms with Gasteiger partial charge in [0.05, 0.1) is 26.4 Å². The van der Waals surface area contributed by atoms with Gasteiger partial charge in [-0.05, 0) is 37.3 Å². The van der Waals surface area contributed by atoms with Crippen molar-refractivity contribution in [1.82, 2.24) is 4.90 Å². The summed E-state index contributed by atoms with van der Waals surface area (Å²) in [4.78, 5) is 26.8. The lowest BCUT2D eigenvalue weighted by atomic mass is 10.1. The van der Waals surface area contributed by atoms with Crippen LogP contribution in [0.1, 0.15) is 17.3 Å². The quantitative estimate of drug-likeness (QED) is 0.828. The minimum absolute atomic E-state index is 0.0220. The first-order chi connectivity index (χ1) is 13.6. The molecule has 7 heteroatoms. The number of morpholine rings is 1. The topological polar surface area (TPSA) is 77.1 Å². The third-order valence-electron chi connectivity index (χ3n) is 4.45. The smallest absolute Gasteiger partial charge is 0.262 e. The number of carbonyl (C=O) groups is 2. The highest BCUT2D eigenvalue weighted by Crippen LogP contribution is 2.25. The highest BCUT2D eigenvalue weighted by molar-refractivity contribution is 5.97. The SMILES string of the molecule is COc1ccccc1OCC(=O)Nc1cccc(C(=O)N2CCOCC2C)c1. The second kappa shape index (κ2) is 9.23. The van der Waals surface area contributed by atoms with Crippen LogP contribution in [0.25, 0.3) is 0 Å². The monoisotopic (exact) mass is 384 g/mol. The Morgan fingerprint density at radius 3 is 2.71 bits per heavy atom. The number of rotatable bonds is 6. The number of methoxy groups -OCH3 is 1. The molecule has 28 heavy (non-hydrogen) atoms. The van der Waals surface area contributed by atoms with Crippen molar-refractivity contribution in [3.05, 3.63) is 54.1 Å². The summed E-state index contributed by atoms with van der Waals surface area (Å²) in [6.07, 6.45) is 0. The van der Waals surface area contributed by atoms with Gasteiger partial charge in [0.2, 0.25) is 0 Å². The fraction of sp³-hybridized carbons (Fsp3) is 0.333. The first kappa shape index (κ1) is 19.7. The molecule has 0 saturated carbocycles. The minimum atomic E-state index is -0.324. The van der Waals surface area contributed by atoms with E-state index < -0.39 is 0 Å². The van der Waals surface area contributed by atoms with Crippen LogP contribution in [0.3, 0.4) is 0 Å². The van der Waals surface area contributed by atoms with Crippen LogP contribution in [0.5, 0.6) is 11.5 Å². The summed E-state index contributed by atoms with van der Waals surface area (Å²) >= 11 is 0. The number of hydrogen-bond acceptors (Lipinski definition) is 5. The van der Waals surface area contributed by atoms with Crippen LogP contribution < -0.4 is 14.8 Å². The van der Waals surface area contributed by atoms with Crippen LogP contribution in [0, 0.1) is 0 Å². The molecule has 1 aliphatic heterocycles. The largest absolute Gasteiger partial charge is 0.493 e. The highest BCUT2D eigenvalue weighted by Gasteiger charge is 2.24. The molecule has 148 valence electrons. The molecular weight excluding hydrogens is 360 g/mol. The van der Waals surface area contributed by atoms with E-state index >= 15 is 0 Å². The molecule has 0 bridgehead atoms. The van der Waals surface area contributed by atoms with Crippen molar-refractivity contribution in [1.29, 1.82) is 0 Å². The number of nitrogens with zero attached hydrogens (tertiary/aromatic N) is 1. The van der Waals surface area contributed by atoms with E-state index in [1.54, 1.807) is 54.5 Å². The minimum Gasteiger partial charge on any atom is -0.493 e. The normalized spacial score (nSPS) is 16.4. The molecule has 1 unspecified atom stereocenters. The van der Waals surface area contributed by atoms with Gasteiger partial charge in [0, 0.05) is 17.8 Å². The zero-order valence-electron chi connectivity index (χ0n) is 16.0. The Morgan fingerprint density at radius 2 is 1.96 bits per heavy atom. The molecule has 0 aliphatic carbocycles. The second-order valence-electron chi connectivity index (χ2n) is 6.49. The molecule has 1 fully saturated rings. The van der Waals surface area contributed by atoms with Gasteiger partial charge in [-0.2, -0.15) is 0 Å². The molecule has 1 aliphatic rings. The molecule has 0 radical (unpaired) electrons. The Bertz CT molecular complexity index is 839. The van der Waals surface area contributed by atoms with Gasteiger partial charge < -0.3 is 24.4 Å². The van der Waals surface area contributed by atoms with E-state index in [2.05, 4.69) is 5.32 Å². The van der Waals surface area contributed by atoms with Crippen LogP contribution in [0.15, 0.2) is 48.5 Å². The fourth-order valence-corrected chi connectivity index (χ4v) is 3.00. The summed E-state index contributed by atoms with van der Waals surface area (Å²) in [5.41, 5.74) is 1.07. The molecule has 1 heterocycles. The van der Waals surface area contributed by atoms with E-state index in [4.69, 9.17) is 14.2 Å². The number of amides is 2. The van der Waals surface area contributed by atoms with E-state index in [0.717, 1.165) is 0 Å². The molecule has 2 amide bonds. The third kappa shape index (κ3) is 4.80. The number of ether oxygens (including phenoxy) is 3. The van der Waals surface area contributed by atoms with E-state index in [0.29, 0.717) is 42.5 Å². The van der Waals surface area contributed by atoms with Crippen molar-refractivity contribution in [2.24, 2.45) is 0 Å². The number of para-hydroxylation sites is 2. The zero-order valence-corrected chi connectivity index (χ0v) is 16.0. The summed E-state index contributed by atoms with van der Waals surface area (Å²) in [7, 11) is 1.54. The van der Waals surface area contributed by atoms with Crippen LogP contribution >= 0.6 is 0 Å². The molecule has 2 aromatic rings. The Labute approximate surface area is 164 Å². The molecule has 1 N–H and O–H groups in total. The summed E-state index contributed by atoms with van der Waals surface area (Å²) in [6, 6.07) is 14.0. The number of nitrogens with one attached hydrogen (secondary N) is 1. The maximum Gasteiger partial charge on any atom is 0.262 e. The van der Waals surface area contributed by atoms with Crippen molar-refractivity contribution in [3.63, 3.8) is 0 Å². The van der Waals surface area contributed by atoms with Gasteiger partial charge in [-0.25, -0.2) is 0 Å². The summed E-state index contributed by atoms with van der Waals surface area (Å²) < 4.78 is 16.1. The van der Waals surface area contributed by atoms with Crippen molar-refractivity contribution in [3.8, 4) is 11.5 Å². The molecule has 2 aromatic carbocycles. The van der Waals surface area contributed by atoms with Crippen LogP contribution in [-0.2, 0) is 9.53 Å². The van der Waals surface area contributed by atoms with Crippen LogP contribution in [-0.4, -0.2) is 56.2 Å².